The van der Waals surface area contributed by atoms with Crippen LogP contribution in [0.4, 0.5) is 0 Å². The summed E-state index contributed by atoms with van der Waals surface area (Å²) < 4.78 is 25.9. The second-order valence-corrected chi connectivity index (χ2v) is 8.91. The maximum Gasteiger partial charge on any atom is 0.261 e. The van der Waals surface area contributed by atoms with Crippen molar-refractivity contribution in [1.82, 2.24) is 4.90 Å². The molecule has 1 fully saturated rings. The fourth-order valence-corrected chi connectivity index (χ4v) is 3.49. The van der Waals surface area contributed by atoms with E-state index in [0.717, 1.165) is 24.2 Å². The molecule has 0 spiro atoms. The highest BCUT2D eigenvalue weighted by molar-refractivity contribution is 7.85. The first-order chi connectivity index (χ1) is 13.5. The standard InChI is InChI=1S/C20H25NO3.CH4O3S/c1-15(19(23)16-7-9-18(22)10-8-16)21-13-11-20(24,12-14-21)17-5-3-2-4-6-17;1-5(2,3)4/h2-10,15,19,22-24H,11-14H2,1H3;1H3,(H,2,3,4). The number of likely N-dealkylation sites (tertiary alicyclic amines) is 1. The Labute approximate surface area is 172 Å². The molecule has 4 N–H and O–H groups in total. The molecule has 0 bridgehead atoms. The largest absolute Gasteiger partial charge is 0.508 e. The molecule has 0 aliphatic carbocycles. The van der Waals surface area contributed by atoms with Gasteiger partial charge in [0, 0.05) is 19.1 Å². The Kier molecular flexibility index (Phi) is 7.79. The second-order valence-electron chi connectivity index (χ2n) is 7.44. The van der Waals surface area contributed by atoms with Crippen molar-refractivity contribution in [3.63, 3.8) is 0 Å². The Bertz CT molecular complexity index is 854. The molecule has 1 saturated heterocycles. The molecule has 8 heteroatoms. The topological polar surface area (TPSA) is 118 Å². The molecule has 0 amide bonds. The summed E-state index contributed by atoms with van der Waals surface area (Å²) in [7, 11) is -3.67. The van der Waals surface area contributed by atoms with Gasteiger partial charge in [-0.15, -0.1) is 0 Å². The highest BCUT2D eigenvalue weighted by Crippen LogP contribution is 2.34. The van der Waals surface area contributed by atoms with Crippen LogP contribution in [0.25, 0.3) is 0 Å². The average molecular weight is 424 g/mol. The number of benzene rings is 2. The number of piperidine rings is 1. The van der Waals surface area contributed by atoms with Gasteiger partial charge in [0.15, 0.2) is 0 Å². The predicted molar refractivity (Wildman–Crippen MR) is 111 cm³/mol. The third-order valence-corrected chi connectivity index (χ3v) is 5.20. The molecule has 2 unspecified atom stereocenters. The van der Waals surface area contributed by atoms with Crippen LogP contribution in [-0.2, 0) is 15.7 Å². The zero-order valence-electron chi connectivity index (χ0n) is 16.6. The Balaban J connectivity index is 0.000000537. The molecular formula is C21H29NO6S. The van der Waals surface area contributed by atoms with E-state index < -0.39 is 21.8 Å². The molecule has 0 saturated carbocycles. The SMILES string of the molecule is CC(C(O)c1ccc(O)cc1)N1CCC(O)(c2ccccc2)CC1.CS(=O)(=O)O. The molecule has 29 heavy (non-hydrogen) atoms. The van der Waals surface area contributed by atoms with Gasteiger partial charge in [-0.2, -0.15) is 8.42 Å². The molecule has 3 rings (SSSR count). The van der Waals surface area contributed by atoms with E-state index in [1.54, 1.807) is 24.3 Å². The first kappa shape index (κ1) is 23.3. The number of rotatable bonds is 4. The van der Waals surface area contributed by atoms with Crippen LogP contribution in [-0.4, -0.2) is 58.6 Å². The molecule has 0 radical (unpaired) electrons. The van der Waals surface area contributed by atoms with E-state index in [4.69, 9.17) is 4.55 Å². The molecule has 2 aromatic rings. The molecular weight excluding hydrogens is 394 g/mol. The third-order valence-electron chi connectivity index (χ3n) is 5.20. The number of hydrogen-bond acceptors (Lipinski definition) is 6. The van der Waals surface area contributed by atoms with Crippen LogP contribution in [0.15, 0.2) is 54.6 Å². The molecule has 1 aliphatic rings. The van der Waals surface area contributed by atoms with E-state index in [0.29, 0.717) is 19.1 Å². The van der Waals surface area contributed by atoms with Crippen molar-refractivity contribution in [3.8, 4) is 5.75 Å². The van der Waals surface area contributed by atoms with Gasteiger partial charge >= 0.3 is 0 Å². The second kappa shape index (κ2) is 9.69. The van der Waals surface area contributed by atoms with Gasteiger partial charge in [-0.3, -0.25) is 9.45 Å². The molecule has 160 valence electrons. The smallest absolute Gasteiger partial charge is 0.261 e. The van der Waals surface area contributed by atoms with Crippen molar-refractivity contribution < 1.29 is 28.3 Å². The summed E-state index contributed by atoms with van der Waals surface area (Å²) in [6.45, 7) is 3.48. The monoisotopic (exact) mass is 423 g/mol. The summed E-state index contributed by atoms with van der Waals surface area (Å²) in [5.74, 6) is 0.199. The third kappa shape index (κ3) is 7.09. The van der Waals surface area contributed by atoms with Crippen LogP contribution in [0.1, 0.15) is 37.0 Å². The number of aliphatic hydroxyl groups is 2. The lowest BCUT2D eigenvalue weighted by atomic mass is 9.83. The maximum absolute atomic E-state index is 10.9. The number of hydrogen-bond donors (Lipinski definition) is 4. The quantitative estimate of drug-likeness (QED) is 0.557. The van der Waals surface area contributed by atoms with Crippen LogP contribution in [0, 0.1) is 0 Å². The summed E-state index contributed by atoms with van der Waals surface area (Å²) in [5.41, 5.74) is 0.988. The highest BCUT2D eigenvalue weighted by atomic mass is 32.2. The first-order valence-electron chi connectivity index (χ1n) is 9.41. The molecule has 1 aliphatic heterocycles. The zero-order chi connectivity index (χ0) is 21.7. The normalized spacial score (nSPS) is 18.9. The Morgan fingerprint density at radius 1 is 1.00 bits per heavy atom. The van der Waals surface area contributed by atoms with Crippen molar-refractivity contribution in [2.45, 2.75) is 37.5 Å². The number of nitrogens with zero attached hydrogens (tertiary/aromatic N) is 1. The average Bonchev–Trinajstić information content (AvgIpc) is 2.67. The highest BCUT2D eigenvalue weighted by Gasteiger charge is 2.36. The van der Waals surface area contributed by atoms with Crippen molar-refractivity contribution in [2.24, 2.45) is 0 Å². The van der Waals surface area contributed by atoms with E-state index in [-0.39, 0.29) is 11.8 Å². The fourth-order valence-electron chi connectivity index (χ4n) is 3.49. The van der Waals surface area contributed by atoms with E-state index in [9.17, 15) is 23.7 Å². The molecule has 2 atom stereocenters. The van der Waals surface area contributed by atoms with Gasteiger partial charge in [0.2, 0.25) is 0 Å². The Morgan fingerprint density at radius 3 is 1.97 bits per heavy atom. The van der Waals surface area contributed by atoms with Crippen LogP contribution in [0.3, 0.4) is 0 Å². The predicted octanol–water partition coefficient (Wildman–Crippen LogP) is 2.30. The molecule has 7 nitrogen and oxygen atoms in total. The Morgan fingerprint density at radius 2 is 1.48 bits per heavy atom. The van der Waals surface area contributed by atoms with Crippen LogP contribution >= 0.6 is 0 Å². The lowest BCUT2D eigenvalue weighted by molar-refractivity contribution is -0.0501. The van der Waals surface area contributed by atoms with Crippen LogP contribution in [0.2, 0.25) is 0 Å². The van der Waals surface area contributed by atoms with E-state index in [1.165, 1.54) is 0 Å². The van der Waals surface area contributed by atoms with Crippen molar-refractivity contribution >= 4 is 10.1 Å². The van der Waals surface area contributed by atoms with Gasteiger partial charge in [0.1, 0.15) is 5.75 Å². The number of aromatic hydroxyl groups is 1. The first-order valence-corrected chi connectivity index (χ1v) is 11.3. The van der Waals surface area contributed by atoms with Gasteiger partial charge in [0.25, 0.3) is 10.1 Å². The van der Waals surface area contributed by atoms with E-state index in [2.05, 4.69) is 4.90 Å². The lowest BCUT2D eigenvalue weighted by Crippen LogP contribution is -2.47. The van der Waals surface area contributed by atoms with Gasteiger partial charge in [0.05, 0.1) is 18.0 Å². The summed E-state index contributed by atoms with van der Waals surface area (Å²) in [6.07, 6.45) is 1.41. The summed E-state index contributed by atoms with van der Waals surface area (Å²) in [6, 6.07) is 16.5. The minimum absolute atomic E-state index is 0.0464. The van der Waals surface area contributed by atoms with Gasteiger partial charge in [-0.25, -0.2) is 0 Å². The van der Waals surface area contributed by atoms with Gasteiger partial charge in [-0.1, -0.05) is 42.5 Å². The van der Waals surface area contributed by atoms with E-state index in [1.807, 2.05) is 37.3 Å². The maximum atomic E-state index is 10.9. The number of aliphatic hydroxyl groups excluding tert-OH is 1. The lowest BCUT2D eigenvalue weighted by Gasteiger charge is -2.42. The van der Waals surface area contributed by atoms with E-state index >= 15 is 0 Å². The zero-order valence-corrected chi connectivity index (χ0v) is 17.5. The minimum atomic E-state index is -3.67. The van der Waals surface area contributed by atoms with Crippen LogP contribution in [0.5, 0.6) is 5.75 Å². The number of phenolic OH excluding ortho intramolecular Hbond substituents is 1. The minimum Gasteiger partial charge on any atom is -0.508 e. The summed E-state index contributed by atoms with van der Waals surface area (Å²) in [4.78, 5) is 2.22. The van der Waals surface area contributed by atoms with Crippen molar-refractivity contribution in [2.75, 3.05) is 19.3 Å². The molecule has 1 heterocycles. The van der Waals surface area contributed by atoms with Gasteiger partial charge < -0.3 is 15.3 Å². The number of phenols is 1. The fraction of sp³-hybridized carbons (Fsp3) is 0.429. The molecule has 2 aromatic carbocycles. The van der Waals surface area contributed by atoms with Gasteiger partial charge in [-0.05, 0) is 43.0 Å². The summed E-state index contributed by atoms with van der Waals surface area (Å²) >= 11 is 0. The summed E-state index contributed by atoms with van der Waals surface area (Å²) in [5, 5.41) is 30.9. The van der Waals surface area contributed by atoms with Crippen molar-refractivity contribution in [1.29, 1.82) is 0 Å². The van der Waals surface area contributed by atoms with Crippen molar-refractivity contribution in [3.05, 3.63) is 65.7 Å². The molecule has 0 aromatic heterocycles. The van der Waals surface area contributed by atoms with Crippen LogP contribution < -0.4 is 0 Å². The Hall–Kier alpha value is -1.97.